The zero-order valence-corrected chi connectivity index (χ0v) is 18.8. The average molecular weight is 405 g/mol. The minimum absolute atomic E-state index is 0.138. The molecule has 0 saturated heterocycles. The molecule has 0 amide bonds. The lowest BCUT2D eigenvalue weighted by molar-refractivity contribution is -0.160. The number of fused-ring (bicyclic) bond motifs is 5. The summed E-state index contributed by atoms with van der Waals surface area (Å²) < 4.78 is 4.83. The van der Waals surface area contributed by atoms with E-state index in [4.69, 9.17) is 4.74 Å². The summed E-state index contributed by atoms with van der Waals surface area (Å²) in [6.45, 7) is 6.94. The normalized spacial score (nSPS) is 47.7. The highest BCUT2D eigenvalue weighted by Crippen LogP contribution is 2.67. The number of hydrogen-bond acceptors (Lipinski definition) is 4. The molecule has 0 radical (unpaired) electrons. The summed E-state index contributed by atoms with van der Waals surface area (Å²) in [7, 11) is 1.45. The van der Waals surface area contributed by atoms with Crippen molar-refractivity contribution in [2.45, 2.75) is 91.1 Å². The van der Waals surface area contributed by atoms with Gasteiger partial charge in [-0.25, -0.2) is 0 Å². The summed E-state index contributed by atoms with van der Waals surface area (Å²) in [6.07, 6.45) is 9.53. The summed E-state index contributed by atoms with van der Waals surface area (Å²) in [5.41, 5.74) is 0.0157. The number of aliphatic hydroxyl groups excluding tert-OH is 1. The molecule has 4 fully saturated rings. The number of carbonyl (C=O) groups excluding carboxylic acids is 2. The van der Waals surface area contributed by atoms with E-state index >= 15 is 0 Å². The SMILES string of the molecule is COC(=O)CC[C@@H](C)[C@H]1CCC2C3CC[C@@H]4C[C@H](O)CC[C@]4(C)C3CC(=O)[C@@]21C. The Hall–Kier alpha value is -0.900. The van der Waals surface area contributed by atoms with Crippen molar-refractivity contribution in [2.75, 3.05) is 7.11 Å². The fraction of sp³-hybridized carbons (Fsp3) is 0.920. The van der Waals surface area contributed by atoms with Crippen molar-refractivity contribution in [2.24, 2.45) is 46.3 Å². The average Bonchev–Trinajstić information content (AvgIpc) is 3.06. The summed E-state index contributed by atoms with van der Waals surface area (Å²) in [5.74, 6) is 3.37. The van der Waals surface area contributed by atoms with Gasteiger partial charge in [0.15, 0.2) is 0 Å². The fourth-order valence-corrected chi connectivity index (χ4v) is 8.53. The number of hydrogen-bond donors (Lipinski definition) is 1. The quantitative estimate of drug-likeness (QED) is 0.685. The maximum absolute atomic E-state index is 13.7. The van der Waals surface area contributed by atoms with Crippen LogP contribution < -0.4 is 0 Å². The van der Waals surface area contributed by atoms with E-state index in [-0.39, 0.29) is 22.9 Å². The topological polar surface area (TPSA) is 63.6 Å². The van der Waals surface area contributed by atoms with Gasteiger partial charge < -0.3 is 9.84 Å². The van der Waals surface area contributed by atoms with E-state index in [9.17, 15) is 14.7 Å². The van der Waals surface area contributed by atoms with Crippen molar-refractivity contribution in [3.05, 3.63) is 0 Å². The van der Waals surface area contributed by atoms with Gasteiger partial charge in [-0.1, -0.05) is 20.8 Å². The molecule has 0 spiro atoms. The van der Waals surface area contributed by atoms with Crippen LogP contribution in [0.15, 0.2) is 0 Å². The Balaban J connectivity index is 1.54. The zero-order valence-electron chi connectivity index (χ0n) is 18.8. The van der Waals surface area contributed by atoms with Crippen LogP contribution in [0, 0.1) is 46.3 Å². The Morgan fingerprint density at radius 3 is 2.66 bits per heavy atom. The van der Waals surface area contributed by atoms with Crippen LogP contribution >= 0.6 is 0 Å². The summed E-state index contributed by atoms with van der Waals surface area (Å²) >= 11 is 0. The largest absolute Gasteiger partial charge is 0.469 e. The highest BCUT2D eigenvalue weighted by molar-refractivity contribution is 5.87. The molecular formula is C25H40O4. The number of ketones is 1. The summed E-state index contributed by atoms with van der Waals surface area (Å²) in [6, 6.07) is 0. The Bertz CT molecular complexity index is 659. The van der Waals surface area contributed by atoms with Crippen molar-refractivity contribution in [3.63, 3.8) is 0 Å². The molecule has 0 aromatic rings. The second kappa shape index (κ2) is 7.66. The highest BCUT2D eigenvalue weighted by atomic mass is 16.5. The van der Waals surface area contributed by atoms with E-state index in [2.05, 4.69) is 20.8 Å². The molecule has 0 aliphatic heterocycles. The first-order valence-corrected chi connectivity index (χ1v) is 12.0. The molecular weight excluding hydrogens is 364 g/mol. The molecule has 0 bridgehead atoms. The van der Waals surface area contributed by atoms with E-state index in [0.29, 0.717) is 47.7 Å². The van der Waals surface area contributed by atoms with Gasteiger partial charge in [0.25, 0.3) is 0 Å². The van der Waals surface area contributed by atoms with Crippen molar-refractivity contribution in [1.82, 2.24) is 0 Å². The Labute approximate surface area is 176 Å². The molecule has 4 aliphatic carbocycles. The number of Topliss-reactive ketones (excluding diaryl/α,β-unsaturated/α-hetero) is 1. The van der Waals surface area contributed by atoms with Gasteiger partial charge in [-0.2, -0.15) is 0 Å². The van der Waals surface area contributed by atoms with Crippen molar-refractivity contribution in [1.29, 1.82) is 0 Å². The van der Waals surface area contributed by atoms with Gasteiger partial charge in [0.05, 0.1) is 13.2 Å². The molecule has 3 unspecified atom stereocenters. The van der Waals surface area contributed by atoms with E-state index in [1.54, 1.807) is 0 Å². The Kier molecular flexibility index (Phi) is 5.63. The van der Waals surface area contributed by atoms with Gasteiger partial charge in [-0.3, -0.25) is 9.59 Å². The molecule has 4 saturated carbocycles. The van der Waals surface area contributed by atoms with Gasteiger partial charge in [0.2, 0.25) is 0 Å². The number of aliphatic hydroxyl groups is 1. The van der Waals surface area contributed by atoms with Crippen LogP contribution in [0.4, 0.5) is 0 Å². The van der Waals surface area contributed by atoms with E-state index in [0.717, 1.165) is 38.5 Å². The molecule has 4 aliphatic rings. The van der Waals surface area contributed by atoms with Gasteiger partial charge >= 0.3 is 5.97 Å². The van der Waals surface area contributed by atoms with Gasteiger partial charge in [-0.05, 0) is 92.3 Å². The standard InChI is InChI=1S/C25H40O4/c1-15(5-10-23(28)29-4)19-8-9-20-18-7-6-16-13-17(26)11-12-24(16,2)21(18)14-22(27)25(19,20)3/h15-21,26H,5-14H2,1-4H3/t15-,16-,17-,18?,19-,20?,21?,24+,25-/m1/s1. The van der Waals surface area contributed by atoms with Crippen LogP contribution in [0.5, 0.6) is 0 Å². The highest BCUT2D eigenvalue weighted by Gasteiger charge is 2.63. The predicted octanol–water partition coefficient (Wildman–Crippen LogP) is 4.77. The molecule has 0 aromatic heterocycles. The van der Waals surface area contributed by atoms with Crippen LogP contribution in [-0.4, -0.2) is 30.1 Å². The van der Waals surface area contributed by atoms with E-state index in [1.165, 1.54) is 26.4 Å². The lowest BCUT2D eigenvalue weighted by Gasteiger charge is -2.60. The van der Waals surface area contributed by atoms with Crippen LogP contribution in [0.2, 0.25) is 0 Å². The Morgan fingerprint density at radius 2 is 1.93 bits per heavy atom. The second-order valence-corrected chi connectivity index (χ2v) is 11.3. The van der Waals surface area contributed by atoms with Crippen LogP contribution in [0.1, 0.15) is 85.0 Å². The molecule has 4 heteroatoms. The smallest absolute Gasteiger partial charge is 0.305 e. The molecule has 9 atom stereocenters. The maximum atomic E-state index is 13.7. The zero-order chi connectivity index (χ0) is 21.0. The summed E-state index contributed by atoms with van der Waals surface area (Å²) in [4.78, 5) is 25.3. The second-order valence-electron chi connectivity index (χ2n) is 11.3. The van der Waals surface area contributed by atoms with Gasteiger partial charge in [0, 0.05) is 18.3 Å². The molecule has 0 aromatic carbocycles. The maximum Gasteiger partial charge on any atom is 0.305 e. The van der Waals surface area contributed by atoms with Crippen molar-refractivity contribution in [3.8, 4) is 0 Å². The van der Waals surface area contributed by atoms with E-state index < -0.39 is 0 Å². The molecule has 0 heterocycles. The van der Waals surface area contributed by atoms with Crippen molar-refractivity contribution < 1.29 is 19.4 Å². The first kappa shape index (κ1) is 21.3. The minimum atomic E-state index is -0.214. The fourth-order valence-electron chi connectivity index (χ4n) is 8.53. The predicted molar refractivity (Wildman–Crippen MR) is 112 cm³/mol. The van der Waals surface area contributed by atoms with Crippen LogP contribution in [0.3, 0.4) is 0 Å². The van der Waals surface area contributed by atoms with Crippen molar-refractivity contribution >= 4 is 11.8 Å². The summed E-state index contributed by atoms with van der Waals surface area (Å²) in [5, 5.41) is 10.2. The minimum Gasteiger partial charge on any atom is -0.469 e. The van der Waals surface area contributed by atoms with Crippen LogP contribution in [0.25, 0.3) is 0 Å². The molecule has 4 nitrogen and oxygen atoms in total. The number of esters is 1. The van der Waals surface area contributed by atoms with Gasteiger partial charge in [-0.15, -0.1) is 0 Å². The number of ether oxygens (including phenoxy) is 1. The van der Waals surface area contributed by atoms with Gasteiger partial charge in [0.1, 0.15) is 5.78 Å². The Morgan fingerprint density at radius 1 is 1.17 bits per heavy atom. The lowest BCUT2D eigenvalue weighted by Crippen LogP contribution is -2.57. The number of carbonyl (C=O) groups is 2. The monoisotopic (exact) mass is 404 g/mol. The first-order chi connectivity index (χ1) is 13.7. The number of rotatable bonds is 4. The first-order valence-electron chi connectivity index (χ1n) is 12.0. The molecule has 164 valence electrons. The third-order valence-corrected chi connectivity index (χ3v) is 10.3. The number of methoxy groups -OCH3 is 1. The molecule has 29 heavy (non-hydrogen) atoms. The third kappa shape index (κ3) is 3.28. The lowest BCUT2D eigenvalue weighted by atomic mass is 9.44. The molecule has 1 N–H and O–H groups in total. The third-order valence-electron chi connectivity index (χ3n) is 10.3. The van der Waals surface area contributed by atoms with Crippen LogP contribution in [-0.2, 0) is 14.3 Å². The van der Waals surface area contributed by atoms with E-state index in [1.807, 2.05) is 0 Å². The molecule has 4 rings (SSSR count).